The Bertz CT molecular complexity index is 957. The molecule has 1 aliphatic rings. The van der Waals surface area contributed by atoms with Gasteiger partial charge in [0.2, 0.25) is 0 Å². The summed E-state index contributed by atoms with van der Waals surface area (Å²) in [5.74, 6) is -0.363. The maximum atomic E-state index is 10.9. The molecule has 5 nitrogen and oxygen atoms in total. The normalized spacial score (nSPS) is 16.2. The number of aryl methyl sites for hydroxylation is 1. The lowest BCUT2D eigenvalue weighted by atomic mass is 9.88. The molecular weight excluding hydrogens is 414 g/mol. The van der Waals surface area contributed by atoms with Gasteiger partial charge in [0.1, 0.15) is 0 Å². The van der Waals surface area contributed by atoms with Gasteiger partial charge in [-0.2, -0.15) is 0 Å². The van der Waals surface area contributed by atoms with Crippen molar-refractivity contribution in [2.75, 3.05) is 13.2 Å². The molecular formula is C28H37NO4. The van der Waals surface area contributed by atoms with Gasteiger partial charge in [-0.25, -0.2) is 4.79 Å². The van der Waals surface area contributed by atoms with Gasteiger partial charge in [0.05, 0.1) is 18.8 Å². The van der Waals surface area contributed by atoms with Gasteiger partial charge >= 0.3 is 5.97 Å². The van der Waals surface area contributed by atoms with E-state index in [1.807, 2.05) is 32.0 Å². The Balaban J connectivity index is 1.48. The van der Waals surface area contributed by atoms with Gasteiger partial charge in [0.15, 0.2) is 0 Å². The molecule has 0 amide bonds. The fourth-order valence-corrected chi connectivity index (χ4v) is 4.75. The van der Waals surface area contributed by atoms with E-state index in [-0.39, 0.29) is 18.2 Å². The Morgan fingerprint density at radius 1 is 1.21 bits per heavy atom. The molecule has 0 saturated heterocycles. The van der Waals surface area contributed by atoms with Crippen LogP contribution in [0.1, 0.15) is 61.1 Å². The summed E-state index contributed by atoms with van der Waals surface area (Å²) in [5, 5.41) is 23.0. The first-order valence-corrected chi connectivity index (χ1v) is 11.8. The molecule has 0 bridgehead atoms. The number of benzene rings is 2. The van der Waals surface area contributed by atoms with Crippen molar-refractivity contribution < 1.29 is 19.7 Å². The van der Waals surface area contributed by atoms with Gasteiger partial charge in [-0.1, -0.05) is 48.0 Å². The zero-order valence-corrected chi connectivity index (χ0v) is 20.2. The number of aliphatic hydroxyl groups excluding tert-OH is 1. The standard InChI is InChI=1S/C28H37NO4/c1-19-9-10-22(11-12-27(31)32)26(13-19)20(2)33-18-25(30)17-29-28(3,4)16-21-14-23-7-5-6-8-24(23)15-21/h5-13,20-21,25,29-30H,14-18H2,1-4H3,(H,31,32)/t20-,25-/m1/s1. The Kier molecular flexibility index (Phi) is 8.46. The molecule has 5 heteroatoms. The van der Waals surface area contributed by atoms with Gasteiger partial charge < -0.3 is 20.3 Å². The van der Waals surface area contributed by atoms with Crippen LogP contribution < -0.4 is 5.32 Å². The monoisotopic (exact) mass is 451 g/mol. The van der Waals surface area contributed by atoms with E-state index in [0.29, 0.717) is 12.5 Å². The van der Waals surface area contributed by atoms with Crippen molar-refractivity contribution in [2.45, 2.75) is 64.7 Å². The summed E-state index contributed by atoms with van der Waals surface area (Å²) in [7, 11) is 0. The average molecular weight is 452 g/mol. The summed E-state index contributed by atoms with van der Waals surface area (Å²) in [5.41, 5.74) is 5.65. The van der Waals surface area contributed by atoms with Gasteiger partial charge in [0, 0.05) is 18.2 Å². The van der Waals surface area contributed by atoms with Crippen LogP contribution in [0.5, 0.6) is 0 Å². The fraction of sp³-hybridized carbons (Fsp3) is 0.464. The second kappa shape index (κ2) is 11.1. The number of β-amino-alcohol motifs (C(OH)–C–C–N with tert-alkyl or cyclic N) is 1. The predicted molar refractivity (Wildman–Crippen MR) is 132 cm³/mol. The zero-order valence-electron chi connectivity index (χ0n) is 20.2. The highest BCUT2D eigenvalue weighted by molar-refractivity contribution is 5.85. The van der Waals surface area contributed by atoms with E-state index in [1.54, 1.807) is 6.08 Å². The number of hydrogen-bond donors (Lipinski definition) is 3. The van der Waals surface area contributed by atoms with Crippen LogP contribution in [0.4, 0.5) is 0 Å². The van der Waals surface area contributed by atoms with Crippen LogP contribution in [-0.2, 0) is 22.4 Å². The van der Waals surface area contributed by atoms with Crippen LogP contribution in [0.3, 0.4) is 0 Å². The van der Waals surface area contributed by atoms with Crippen molar-refractivity contribution in [3.05, 3.63) is 76.4 Å². The molecule has 3 N–H and O–H groups in total. The number of aliphatic hydroxyl groups is 1. The molecule has 0 heterocycles. The molecule has 0 saturated carbocycles. The van der Waals surface area contributed by atoms with E-state index in [0.717, 1.165) is 42.0 Å². The summed E-state index contributed by atoms with van der Waals surface area (Å²) in [4.78, 5) is 10.9. The van der Waals surface area contributed by atoms with Crippen molar-refractivity contribution in [1.29, 1.82) is 0 Å². The molecule has 0 spiro atoms. The van der Waals surface area contributed by atoms with Crippen molar-refractivity contribution in [3.8, 4) is 0 Å². The lowest BCUT2D eigenvalue weighted by Crippen LogP contribution is -2.45. The van der Waals surface area contributed by atoms with Crippen LogP contribution in [0, 0.1) is 12.8 Å². The van der Waals surface area contributed by atoms with E-state index in [9.17, 15) is 9.90 Å². The lowest BCUT2D eigenvalue weighted by molar-refractivity contribution is -0.131. The summed E-state index contributed by atoms with van der Waals surface area (Å²) < 4.78 is 5.96. The number of carboxylic acid groups (broad SMARTS) is 1. The van der Waals surface area contributed by atoms with Gasteiger partial charge in [-0.15, -0.1) is 0 Å². The van der Waals surface area contributed by atoms with Crippen molar-refractivity contribution in [2.24, 2.45) is 5.92 Å². The Labute approximate surface area is 197 Å². The SMILES string of the molecule is Cc1ccc(C=CC(=O)O)c([C@@H](C)OC[C@H](O)CNC(C)(C)CC2Cc3ccccc3C2)c1. The summed E-state index contributed by atoms with van der Waals surface area (Å²) >= 11 is 0. The molecule has 33 heavy (non-hydrogen) atoms. The molecule has 0 fully saturated rings. The molecule has 0 aromatic heterocycles. The third kappa shape index (κ3) is 7.53. The van der Waals surface area contributed by atoms with Crippen molar-refractivity contribution in [3.63, 3.8) is 0 Å². The first-order valence-electron chi connectivity index (χ1n) is 11.8. The number of aliphatic carboxylic acids is 1. The fourth-order valence-electron chi connectivity index (χ4n) is 4.75. The zero-order chi connectivity index (χ0) is 24.0. The number of carboxylic acids is 1. The Morgan fingerprint density at radius 3 is 2.52 bits per heavy atom. The van der Waals surface area contributed by atoms with E-state index in [4.69, 9.17) is 9.84 Å². The minimum Gasteiger partial charge on any atom is -0.478 e. The first-order chi connectivity index (χ1) is 15.6. The molecule has 0 unspecified atom stereocenters. The Hall–Kier alpha value is -2.47. The number of ether oxygens (including phenoxy) is 1. The van der Waals surface area contributed by atoms with Gasteiger partial charge in [0.25, 0.3) is 0 Å². The molecule has 2 atom stereocenters. The second-order valence-corrected chi connectivity index (χ2v) is 9.95. The molecule has 178 valence electrons. The smallest absolute Gasteiger partial charge is 0.328 e. The van der Waals surface area contributed by atoms with E-state index < -0.39 is 12.1 Å². The first kappa shape index (κ1) is 25.2. The molecule has 2 aromatic carbocycles. The van der Waals surface area contributed by atoms with Crippen molar-refractivity contribution >= 4 is 12.0 Å². The third-order valence-corrected chi connectivity index (χ3v) is 6.38. The summed E-state index contributed by atoms with van der Waals surface area (Å²) in [6.07, 6.45) is 5.12. The van der Waals surface area contributed by atoms with Crippen LogP contribution in [-0.4, -0.2) is 41.0 Å². The number of rotatable bonds is 11. The van der Waals surface area contributed by atoms with Crippen LogP contribution >= 0.6 is 0 Å². The minimum atomic E-state index is -0.985. The third-order valence-electron chi connectivity index (χ3n) is 6.38. The topological polar surface area (TPSA) is 78.8 Å². The number of hydrogen-bond acceptors (Lipinski definition) is 4. The lowest BCUT2D eigenvalue weighted by Gasteiger charge is -2.31. The maximum absolute atomic E-state index is 10.9. The number of nitrogens with one attached hydrogen (secondary N) is 1. The number of carbonyl (C=O) groups is 1. The minimum absolute atomic E-state index is 0.0787. The molecule has 0 aliphatic heterocycles. The van der Waals surface area contributed by atoms with Gasteiger partial charge in [-0.05, 0) is 81.2 Å². The maximum Gasteiger partial charge on any atom is 0.328 e. The predicted octanol–water partition coefficient (Wildman–Crippen LogP) is 4.70. The van der Waals surface area contributed by atoms with E-state index in [1.165, 1.54) is 11.1 Å². The molecule has 2 aromatic rings. The summed E-state index contributed by atoms with van der Waals surface area (Å²) in [6, 6.07) is 14.5. The molecule has 1 aliphatic carbocycles. The van der Waals surface area contributed by atoms with Crippen LogP contribution in [0.25, 0.3) is 6.08 Å². The van der Waals surface area contributed by atoms with Crippen LogP contribution in [0.15, 0.2) is 48.5 Å². The van der Waals surface area contributed by atoms with Crippen molar-refractivity contribution in [1.82, 2.24) is 5.32 Å². The highest BCUT2D eigenvalue weighted by Crippen LogP contribution is 2.32. The Morgan fingerprint density at radius 2 is 1.88 bits per heavy atom. The molecule has 0 radical (unpaired) electrons. The largest absolute Gasteiger partial charge is 0.478 e. The van der Waals surface area contributed by atoms with E-state index >= 15 is 0 Å². The average Bonchev–Trinajstić information content (AvgIpc) is 3.16. The van der Waals surface area contributed by atoms with Crippen LogP contribution in [0.2, 0.25) is 0 Å². The van der Waals surface area contributed by atoms with Gasteiger partial charge in [-0.3, -0.25) is 0 Å². The summed E-state index contributed by atoms with van der Waals surface area (Å²) in [6.45, 7) is 8.97. The molecule has 3 rings (SSSR count). The quantitative estimate of drug-likeness (QED) is 0.432. The number of fused-ring (bicyclic) bond motifs is 1. The highest BCUT2D eigenvalue weighted by Gasteiger charge is 2.28. The van der Waals surface area contributed by atoms with E-state index in [2.05, 4.69) is 43.4 Å². The second-order valence-electron chi connectivity index (χ2n) is 9.95. The highest BCUT2D eigenvalue weighted by atomic mass is 16.5.